The van der Waals surface area contributed by atoms with Crippen LogP contribution in [0.5, 0.6) is 0 Å². The highest BCUT2D eigenvalue weighted by Gasteiger charge is 2.28. The first-order valence-electron chi connectivity index (χ1n) is 9.39. The summed E-state index contributed by atoms with van der Waals surface area (Å²) in [6, 6.07) is 6.54. The van der Waals surface area contributed by atoms with Crippen molar-refractivity contribution >= 4 is 11.8 Å². The number of carbonyl (C=O) groups excluding carboxylic acids is 1. The number of nitrogens with zero attached hydrogens (tertiary/aromatic N) is 4. The fourth-order valence-corrected chi connectivity index (χ4v) is 3.84. The van der Waals surface area contributed by atoms with Gasteiger partial charge in [-0.1, -0.05) is 6.92 Å². The quantitative estimate of drug-likeness (QED) is 0.917. The molecule has 2 saturated heterocycles. The minimum absolute atomic E-state index is 0.112. The van der Waals surface area contributed by atoms with Gasteiger partial charge in [-0.3, -0.25) is 0 Å². The van der Waals surface area contributed by atoms with Gasteiger partial charge >= 0.3 is 6.03 Å². The maximum Gasteiger partial charge on any atom is 0.317 e. The minimum atomic E-state index is 0.112. The normalized spacial score (nSPS) is 21.7. The Morgan fingerprint density at radius 3 is 2.72 bits per heavy atom. The lowest BCUT2D eigenvalue weighted by Gasteiger charge is -2.38. The van der Waals surface area contributed by atoms with Crippen molar-refractivity contribution in [3.05, 3.63) is 23.9 Å². The van der Waals surface area contributed by atoms with Crippen LogP contribution in [0.1, 0.15) is 51.0 Å². The SMILES string of the molecule is CCC1CCCCN1C(=O)NC1CCN(c2ccc(C#N)cn2)CC1. The number of rotatable bonds is 3. The first-order valence-corrected chi connectivity index (χ1v) is 9.39. The summed E-state index contributed by atoms with van der Waals surface area (Å²) < 4.78 is 0. The second kappa shape index (κ2) is 8.19. The van der Waals surface area contributed by atoms with E-state index in [9.17, 15) is 4.79 Å². The molecule has 1 atom stereocenters. The molecule has 1 aromatic rings. The molecule has 0 aliphatic carbocycles. The number of anilines is 1. The molecule has 0 radical (unpaired) electrons. The first-order chi connectivity index (χ1) is 12.2. The van der Waals surface area contributed by atoms with E-state index >= 15 is 0 Å². The van der Waals surface area contributed by atoms with Crippen LogP contribution in [0, 0.1) is 11.3 Å². The molecule has 3 rings (SSSR count). The first kappa shape index (κ1) is 17.5. The van der Waals surface area contributed by atoms with Crippen LogP contribution in [0.2, 0.25) is 0 Å². The van der Waals surface area contributed by atoms with Gasteiger partial charge < -0.3 is 15.1 Å². The summed E-state index contributed by atoms with van der Waals surface area (Å²) in [6.07, 6.45) is 7.99. The maximum absolute atomic E-state index is 12.6. The molecular formula is C19H27N5O. The summed E-state index contributed by atoms with van der Waals surface area (Å²) in [7, 11) is 0. The third-order valence-corrected chi connectivity index (χ3v) is 5.38. The third-order valence-electron chi connectivity index (χ3n) is 5.38. The number of hydrogen-bond acceptors (Lipinski definition) is 4. The molecule has 0 saturated carbocycles. The van der Waals surface area contributed by atoms with Crippen molar-refractivity contribution in [3.63, 3.8) is 0 Å². The van der Waals surface area contributed by atoms with Gasteiger partial charge in [-0.25, -0.2) is 9.78 Å². The Kier molecular flexibility index (Phi) is 5.75. The van der Waals surface area contributed by atoms with Crippen LogP contribution in [0.3, 0.4) is 0 Å². The van der Waals surface area contributed by atoms with Crippen LogP contribution in [0.4, 0.5) is 10.6 Å². The zero-order valence-electron chi connectivity index (χ0n) is 14.9. The minimum Gasteiger partial charge on any atom is -0.356 e. The third kappa shape index (κ3) is 4.22. The van der Waals surface area contributed by atoms with E-state index in [1.165, 1.54) is 6.42 Å². The van der Waals surface area contributed by atoms with Gasteiger partial charge in [-0.05, 0) is 50.7 Å². The number of likely N-dealkylation sites (tertiary alicyclic amines) is 1. The number of carbonyl (C=O) groups is 1. The molecule has 2 aliphatic rings. The Labute approximate surface area is 149 Å². The second-order valence-corrected chi connectivity index (χ2v) is 6.98. The summed E-state index contributed by atoms with van der Waals surface area (Å²) in [5, 5.41) is 12.1. The highest BCUT2D eigenvalue weighted by Crippen LogP contribution is 2.21. The molecule has 25 heavy (non-hydrogen) atoms. The fourth-order valence-electron chi connectivity index (χ4n) is 3.84. The topological polar surface area (TPSA) is 72.3 Å². The highest BCUT2D eigenvalue weighted by molar-refractivity contribution is 5.75. The van der Waals surface area contributed by atoms with E-state index in [1.54, 1.807) is 12.3 Å². The largest absolute Gasteiger partial charge is 0.356 e. The van der Waals surface area contributed by atoms with Crippen LogP contribution in [0.25, 0.3) is 0 Å². The van der Waals surface area contributed by atoms with Crippen molar-refractivity contribution in [3.8, 4) is 6.07 Å². The summed E-state index contributed by atoms with van der Waals surface area (Å²) in [4.78, 5) is 21.2. The Morgan fingerprint density at radius 2 is 2.08 bits per heavy atom. The van der Waals surface area contributed by atoms with Crippen LogP contribution >= 0.6 is 0 Å². The lowest BCUT2D eigenvalue weighted by atomic mass is 10.0. The summed E-state index contributed by atoms with van der Waals surface area (Å²) in [5.74, 6) is 0.908. The molecule has 0 aromatic carbocycles. The van der Waals surface area contributed by atoms with Gasteiger partial charge in [-0.15, -0.1) is 0 Å². The summed E-state index contributed by atoms with van der Waals surface area (Å²) >= 11 is 0. The van der Waals surface area contributed by atoms with Crippen molar-refractivity contribution in [2.45, 2.75) is 57.5 Å². The zero-order chi connectivity index (χ0) is 17.6. The van der Waals surface area contributed by atoms with E-state index in [0.717, 1.165) is 57.6 Å². The molecule has 3 heterocycles. The predicted molar refractivity (Wildman–Crippen MR) is 97.4 cm³/mol. The molecule has 0 bridgehead atoms. The van der Waals surface area contributed by atoms with E-state index < -0.39 is 0 Å². The average Bonchev–Trinajstić information content (AvgIpc) is 2.68. The van der Waals surface area contributed by atoms with Gasteiger partial charge in [0.25, 0.3) is 0 Å². The van der Waals surface area contributed by atoms with Gasteiger partial charge in [0, 0.05) is 37.9 Å². The smallest absolute Gasteiger partial charge is 0.317 e. The number of nitrogens with one attached hydrogen (secondary N) is 1. The molecule has 1 N–H and O–H groups in total. The number of hydrogen-bond donors (Lipinski definition) is 1. The van der Waals surface area contributed by atoms with Crippen LogP contribution in [-0.4, -0.2) is 47.6 Å². The van der Waals surface area contributed by atoms with E-state index in [1.807, 2.05) is 11.0 Å². The van der Waals surface area contributed by atoms with Gasteiger partial charge in [0.15, 0.2) is 0 Å². The van der Waals surface area contributed by atoms with Crippen molar-refractivity contribution in [1.29, 1.82) is 5.26 Å². The lowest BCUT2D eigenvalue weighted by Crippen LogP contribution is -2.53. The number of amides is 2. The second-order valence-electron chi connectivity index (χ2n) is 6.98. The monoisotopic (exact) mass is 341 g/mol. The molecule has 2 aliphatic heterocycles. The molecule has 1 aromatic heterocycles. The molecule has 6 nitrogen and oxygen atoms in total. The molecule has 6 heteroatoms. The Balaban J connectivity index is 1.50. The Bertz CT molecular complexity index is 616. The van der Waals surface area contributed by atoms with Crippen molar-refractivity contribution in [2.75, 3.05) is 24.5 Å². The van der Waals surface area contributed by atoms with Gasteiger partial charge in [0.2, 0.25) is 0 Å². The van der Waals surface area contributed by atoms with Crippen molar-refractivity contribution < 1.29 is 4.79 Å². The maximum atomic E-state index is 12.6. The number of piperidine rings is 2. The molecule has 134 valence electrons. The van der Waals surface area contributed by atoms with E-state index in [2.05, 4.69) is 28.2 Å². The Hall–Kier alpha value is -2.29. The van der Waals surface area contributed by atoms with E-state index in [4.69, 9.17) is 5.26 Å². The molecular weight excluding hydrogens is 314 g/mol. The Morgan fingerprint density at radius 1 is 1.28 bits per heavy atom. The average molecular weight is 341 g/mol. The number of urea groups is 1. The van der Waals surface area contributed by atoms with Crippen molar-refractivity contribution in [1.82, 2.24) is 15.2 Å². The molecule has 1 unspecified atom stereocenters. The zero-order valence-corrected chi connectivity index (χ0v) is 14.9. The van der Waals surface area contributed by atoms with E-state index in [0.29, 0.717) is 11.6 Å². The van der Waals surface area contributed by atoms with E-state index in [-0.39, 0.29) is 12.1 Å². The number of pyridine rings is 1. The fraction of sp³-hybridized carbons (Fsp3) is 0.632. The van der Waals surface area contributed by atoms with Crippen LogP contribution in [0.15, 0.2) is 18.3 Å². The highest BCUT2D eigenvalue weighted by atomic mass is 16.2. The van der Waals surface area contributed by atoms with Crippen molar-refractivity contribution in [2.24, 2.45) is 0 Å². The van der Waals surface area contributed by atoms with Crippen LogP contribution in [-0.2, 0) is 0 Å². The number of nitriles is 1. The summed E-state index contributed by atoms with van der Waals surface area (Å²) in [5.41, 5.74) is 0.581. The standard InChI is InChI=1S/C19H27N5O/c1-2-17-5-3-4-10-24(17)19(25)22-16-8-11-23(12-9-16)18-7-6-15(13-20)14-21-18/h6-7,14,16-17H,2-5,8-12H2,1H3,(H,22,25). The van der Waals surface area contributed by atoms with Crippen LogP contribution < -0.4 is 10.2 Å². The van der Waals surface area contributed by atoms with Gasteiger partial charge in [-0.2, -0.15) is 5.26 Å². The van der Waals surface area contributed by atoms with Gasteiger partial charge in [0.1, 0.15) is 11.9 Å². The molecule has 2 fully saturated rings. The number of aromatic nitrogens is 1. The van der Waals surface area contributed by atoms with Gasteiger partial charge in [0.05, 0.1) is 5.56 Å². The predicted octanol–water partition coefficient (Wildman–Crippen LogP) is 2.90. The molecule has 0 spiro atoms. The lowest BCUT2D eigenvalue weighted by molar-refractivity contribution is 0.144. The summed E-state index contributed by atoms with van der Waals surface area (Å²) in [6.45, 7) is 4.81. The molecule has 2 amide bonds.